The van der Waals surface area contributed by atoms with Crippen LogP contribution in [0.5, 0.6) is 0 Å². The molecule has 0 aliphatic heterocycles. The Morgan fingerprint density at radius 1 is 1.15 bits per heavy atom. The highest BCUT2D eigenvalue weighted by Crippen LogP contribution is 2.31. The minimum absolute atomic E-state index is 0.590. The molecule has 0 saturated heterocycles. The number of methoxy groups -OCH3 is 1. The average Bonchev–Trinajstić information content (AvgIpc) is 2.85. The molecule has 3 nitrogen and oxygen atoms in total. The average molecular weight is 284 g/mol. The van der Waals surface area contributed by atoms with Crippen molar-refractivity contribution in [1.82, 2.24) is 4.98 Å². The zero-order chi connectivity index (χ0) is 13.9. The van der Waals surface area contributed by atoms with E-state index in [0.29, 0.717) is 6.61 Å². The van der Waals surface area contributed by atoms with Crippen LogP contribution in [0.2, 0.25) is 0 Å². The second-order valence-electron chi connectivity index (χ2n) is 4.66. The molecule has 3 aromatic rings. The van der Waals surface area contributed by atoms with Gasteiger partial charge in [-0.15, -0.1) is 0 Å². The van der Waals surface area contributed by atoms with Gasteiger partial charge in [0.2, 0.25) is 0 Å². The Labute approximate surface area is 122 Å². The number of nitrogens with zero attached hydrogens (tertiary/aromatic N) is 1. The fraction of sp³-hybridized carbons (Fsp3) is 0.188. The summed E-state index contributed by atoms with van der Waals surface area (Å²) in [6.45, 7) is 2.68. The topological polar surface area (TPSA) is 34.1 Å². The van der Waals surface area contributed by atoms with E-state index in [1.54, 1.807) is 18.4 Å². The van der Waals surface area contributed by atoms with Gasteiger partial charge in [0.15, 0.2) is 5.13 Å². The first kappa shape index (κ1) is 13.1. The van der Waals surface area contributed by atoms with E-state index in [4.69, 9.17) is 4.74 Å². The molecule has 0 aliphatic rings. The molecule has 0 radical (unpaired) electrons. The predicted molar refractivity (Wildman–Crippen MR) is 84.8 cm³/mol. The van der Waals surface area contributed by atoms with Gasteiger partial charge in [-0.3, -0.25) is 0 Å². The largest absolute Gasteiger partial charge is 0.380 e. The molecule has 0 fully saturated rings. The number of benzene rings is 2. The lowest BCUT2D eigenvalue weighted by Gasteiger charge is -2.08. The molecule has 0 unspecified atom stereocenters. The maximum absolute atomic E-state index is 5.23. The molecule has 1 aromatic heterocycles. The summed E-state index contributed by atoms with van der Waals surface area (Å²) in [5.74, 6) is 0. The van der Waals surface area contributed by atoms with Gasteiger partial charge in [0, 0.05) is 18.4 Å². The molecule has 0 bridgehead atoms. The number of rotatable bonds is 4. The Kier molecular flexibility index (Phi) is 3.67. The molecule has 0 aliphatic carbocycles. The summed E-state index contributed by atoms with van der Waals surface area (Å²) in [5, 5.41) is 4.32. The smallest absolute Gasteiger partial charge is 0.188 e. The highest BCUT2D eigenvalue weighted by molar-refractivity contribution is 7.22. The van der Waals surface area contributed by atoms with Gasteiger partial charge in [0.05, 0.1) is 16.8 Å². The molecular formula is C16H16N2OS. The van der Waals surface area contributed by atoms with E-state index < -0.39 is 0 Å². The van der Waals surface area contributed by atoms with E-state index in [2.05, 4.69) is 41.5 Å². The summed E-state index contributed by atoms with van der Waals surface area (Å²) >= 11 is 1.67. The number of hydrogen-bond donors (Lipinski definition) is 1. The van der Waals surface area contributed by atoms with Gasteiger partial charge in [-0.05, 0) is 24.6 Å². The number of aromatic nitrogens is 1. The minimum Gasteiger partial charge on any atom is -0.380 e. The van der Waals surface area contributed by atoms with E-state index in [1.807, 2.05) is 18.2 Å². The van der Waals surface area contributed by atoms with Crippen molar-refractivity contribution in [2.45, 2.75) is 13.5 Å². The van der Waals surface area contributed by atoms with E-state index in [-0.39, 0.29) is 0 Å². The summed E-state index contributed by atoms with van der Waals surface area (Å²) in [6.07, 6.45) is 0. The van der Waals surface area contributed by atoms with Crippen molar-refractivity contribution in [2.75, 3.05) is 12.4 Å². The van der Waals surface area contributed by atoms with Crippen molar-refractivity contribution < 1.29 is 4.74 Å². The van der Waals surface area contributed by atoms with Crippen LogP contribution in [-0.4, -0.2) is 12.1 Å². The van der Waals surface area contributed by atoms with E-state index in [1.165, 1.54) is 10.3 Å². The van der Waals surface area contributed by atoms with Crippen molar-refractivity contribution >= 4 is 32.4 Å². The second-order valence-corrected chi connectivity index (χ2v) is 5.69. The summed E-state index contributed by atoms with van der Waals surface area (Å²) in [4.78, 5) is 4.68. The van der Waals surface area contributed by atoms with Crippen LogP contribution in [0.4, 0.5) is 10.8 Å². The van der Waals surface area contributed by atoms with Crippen molar-refractivity contribution in [3.63, 3.8) is 0 Å². The van der Waals surface area contributed by atoms with Crippen LogP contribution in [0.25, 0.3) is 10.2 Å². The van der Waals surface area contributed by atoms with Crippen molar-refractivity contribution in [3.8, 4) is 0 Å². The SMILES string of the molecule is COCc1ccccc1Nc1nc2c(C)cccc2s1. The lowest BCUT2D eigenvalue weighted by molar-refractivity contribution is 0.185. The Bertz CT molecular complexity index is 736. The molecule has 0 saturated carbocycles. The molecule has 20 heavy (non-hydrogen) atoms. The van der Waals surface area contributed by atoms with Crippen molar-refractivity contribution in [1.29, 1.82) is 0 Å². The summed E-state index contributed by atoms with van der Waals surface area (Å²) < 4.78 is 6.43. The molecule has 0 atom stereocenters. The van der Waals surface area contributed by atoms with Gasteiger partial charge in [-0.2, -0.15) is 0 Å². The van der Waals surface area contributed by atoms with E-state index in [9.17, 15) is 0 Å². The van der Waals surface area contributed by atoms with Gasteiger partial charge < -0.3 is 10.1 Å². The predicted octanol–water partition coefficient (Wildman–Crippen LogP) is 4.49. The molecule has 1 N–H and O–H groups in total. The fourth-order valence-electron chi connectivity index (χ4n) is 2.18. The lowest BCUT2D eigenvalue weighted by Crippen LogP contribution is -1.96. The highest BCUT2D eigenvalue weighted by Gasteiger charge is 2.08. The maximum Gasteiger partial charge on any atom is 0.188 e. The van der Waals surface area contributed by atoms with Crippen LogP contribution in [0.3, 0.4) is 0 Å². The van der Waals surface area contributed by atoms with Crippen molar-refractivity contribution in [2.24, 2.45) is 0 Å². The summed E-state index contributed by atoms with van der Waals surface area (Å²) in [6, 6.07) is 14.4. The molecule has 102 valence electrons. The van der Waals surface area contributed by atoms with Gasteiger partial charge in [0.1, 0.15) is 0 Å². The molecule has 2 aromatic carbocycles. The van der Waals surface area contributed by atoms with Gasteiger partial charge >= 0.3 is 0 Å². The maximum atomic E-state index is 5.23. The first-order valence-electron chi connectivity index (χ1n) is 6.48. The molecule has 0 spiro atoms. The standard InChI is InChI=1S/C16H16N2OS/c1-11-6-5-9-14-15(11)18-16(20-14)17-13-8-4-3-7-12(13)10-19-2/h3-9H,10H2,1-2H3,(H,17,18). The Hall–Kier alpha value is -1.91. The minimum atomic E-state index is 0.590. The third kappa shape index (κ3) is 2.53. The first-order valence-corrected chi connectivity index (χ1v) is 7.29. The van der Waals surface area contributed by atoms with Crippen LogP contribution in [-0.2, 0) is 11.3 Å². The highest BCUT2D eigenvalue weighted by atomic mass is 32.1. The monoisotopic (exact) mass is 284 g/mol. The summed E-state index contributed by atoms with van der Waals surface area (Å²) in [7, 11) is 1.71. The number of ether oxygens (including phenoxy) is 1. The first-order chi connectivity index (χ1) is 9.78. The zero-order valence-corrected chi connectivity index (χ0v) is 12.3. The number of para-hydroxylation sites is 2. The Morgan fingerprint density at radius 3 is 2.80 bits per heavy atom. The van der Waals surface area contributed by atoms with Gasteiger partial charge in [0.25, 0.3) is 0 Å². The summed E-state index contributed by atoms with van der Waals surface area (Å²) in [5.41, 5.74) is 4.46. The van der Waals surface area contributed by atoms with E-state index in [0.717, 1.165) is 21.9 Å². The lowest BCUT2D eigenvalue weighted by atomic mass is 10.2. The Morgan fingerprint density at radius 2 is 2.00 bits per heavy atom. The third-order valence-electron chi connectivity index (χ3n) is 3.18. The van der Waals surface area contributed by atoms with E-state index >= 15 is 0 Å². The number of anilines is 2. The number of thiazole rings is 1. The molecule has 0 amide bonds. The Balaban J connectivity index is 1.95. The molecule has 3 rings (SSSR count). The third-order valence-corrected chi connectivity index (χ3v) is 4.12. The normalized spacial score (nSPS) is 10.9. The number of fused-ring (bicyclic) bond motifs is 1. The van der Waals surface area contributed by atoms with Crippen LogP contribution in [0.1, 0.15) is 11.1 Å². The van der Waals surface area contributed by atoms with Crippen LogP contribution in [0.15, 0.2) is 42.5 Å². The number of aryl methyl sites for hydroxylation is 1. The molecular weight excluding hydrogens is 268 g/mol. The zero-order valence-electron chi connectivity index (χ0n) is 11.5. The number of hydrogen-bond acceptors (Lipinski definition) is 4. The molecule has 1 heterocycles. The van der Waals surface area contributed by atoms with Gasteiger partial charge in [-0.25, -0.2) is 4.98 Å². The van der Waals surface area contributed by atoms with Crippen molar-refractivity contribution in [3.05, 3.63) is 53.6 Å². The quantitative estimate of drug-likeness (QED) is 0.766. The van der Waals surface area contributed by atoms with Crippen LogP contribution < -0.4 is 5.32 Å². The van der Waals surface area contributed by atoms with Crippen LogP contribution >= 0.6 is 11.3 Å². The number of nitrogens with one attached hydrogen (secondary N) is 1. The fourth-order valence-corrected chi connectivity index (χ4v) is 3.13. The second kappa shape index (κ2) is 5.61. The van der Waals surface area contributed by atoms with Crippen LogP contribution in [0, 0.1) is 6.92 Å². The van der Waals surface area contributed by atoms with Gasteiger partial charge in [-0.1, -0.05) is 41.7 Å². The molecule has 4 heteroatoms.